The van der Waals surface area contributed by atoms with Gasteiger partial charge in [-0.3, -0.25) is 14.9 Å². The molecule has 2 heterocycles. The highest BCUT2D eigenvalue weighted by molar-refractivity contribution is 5.95. The SMILES string of the molecule is Cc1cc(C(=O)N2CCCC2c2ccc3c(c2)OCCCO3)ccc1[N+](=O)[O-]. The number of nitro benzene ring substituents is 1. The number of likely N-dealkylation sites (tertiary alicyclic amines) is 1. The Morgan fingerprint density at radius 3 is 2.64 bits per heavy atom. The Bertz CT molecular complexity index is 927. The Hall–Kier alpha value is -3.09. The van der Waals surface area contributed by atoms with Gasteiger partial charge in [-0.15, -0.1) is 0 Å². The molecule has 1 saturated heterocycles. The summed E-state index contributed by atoms with van der Waals surface area (Å²) in [4.78, 5) is 25.6. The molecule has 1 unspecified atom stereocenters. The van der Waals surface area contributed by atoms with Gasteiger partial charge in [0.05, 0.1) is 24.2 Å². The van der Waals surface area contributed by atoms with E-state index in [4.69, 9.17) is 9.47 Å². The molecule has 28 heavy (non-hydrogen) atoms. The molecular formula is C21H22N2O5. The molecule has 7 nitrogen and oxygen atoms in total. The van der Waals surface area contributed by atoms with E-state index in [0.717, 1.165) is 36.3 Å². The molecule has 2 aliphatic heterocycles. The lowest BCUT2D eigenvalue weighted by Crippen LogP contribution is -2.30. The summed E-state index contributed by atoms with van der Waals surface area (Å²) in [5, 5.41) is 11.0. The number of amides is 1. The maximum absolute atomic E-state index is 13.1. The van der Waals surface area contributed by atoms with Crippen molar-refractivity contribution in [1.29, 1.82) is 0 Å². The van der Waals surface area contributed by atoms with E-state index in [-0.39, 0.29) is 17.6 Å². The summed E-state index contributed by atoms with van der Waals surface area (Å²) in [5.41, 5.74) is 2.01. The summed E-state index contributed by atoms with van der Waals surface area (Å²) >= 11 is 0. The van der Waals surface area contributed by atoms with Gasteiger partial charge in [0.15, 0.2) is 11.5 Å². The zero-order chi connectivity index (χ0) is 19.7. The smallest absolute Gasteiger partial charge is 0.272 e. The fourth-order valence-electron chi connectivity index (χ4n) is 3.90. The van der Waals surface area contributed by atoms with Crippen molar-refractivity contribution in [1.82, 2.24) is 4.90 Å². The maximum Gasteiger partial charge on any atom is 0.272 e. The lowest BCUT2D eigenvalue weighted by Gasteiger charge is -2.26. The summed E-state index contributed by atoms with van der Waals surface area (Å²) in [6.45, 7) is 3.57. The van der Waals surface area contributed by atoms with Crippen LogP contribution in [-0.4, -0.2) is 35.5 Å². The molecule has 0 aromatic heterocycles. The quantitative estimate of drug-likeness (QED) is 0.591. The van der Waals surface area contributed by atoms with Crippen molar-refractivity contribution in [3.63, 3.8) is 0 Å². The zero-order valence-corrected chi connectivity index (χ0v) is 15.7. The van der Waals surface area contributed by atoms with E-state index in [1.165, 1.54) is 12.1 Å². The van der Waals surface area contributed by atoms with E-state index >= 15 is 0 Å². The van der Waals surface area contributed by atoms with Crippen LogP contribution in [0.3, 0.4) is 0 Å². The Labute approximate surface area is 163 Å². The molecule has 0 radical (unpaired) electrons. The minimum Gasteiger partial charge on any atom is -0.490 e. The van der Waals surface area contributed by atoms with Crippen LogP contribution in [0.1, 0.15) is 46.8 Å². The molecule has 1 fully saturated rings. The number of ether oxygens (including phenoxy) is 2. The van der Waals surface area contributed by atoms with Crippen LogP contribution in [0.25, 0.3) is 0 Å². The first-order valence-corrected chi connectivity index (χ1v) is 9.50. The van der Waals surface area contributed by atoms with E-state index in [2.05, 4.69) is 0 Å². The third kappa shape index (κ3) is 3.40. The highest BCUT2D eigenvalue weighted by atomic mass is 16.6. The number of carbonyl (C=O) groups is 1. The molecule has 146 valence electrons. The van der Waals surface area contributed by atoms with Gasteiger partial charge in [-0.25, -0.2) is 0 Å². The summed E-state index contributed by atoms with van der Waals surface area (Å²) in [6.07, 6.45) is 2.63. The molecule has 0 aliphatic carbocycles. The van der Waals surface area contributed by atoms with Crippen LogP contribution >= 0.6 is 0 Å². The van der Waals surface area contributed by atoms with Crippen LogP contribution < -0.4 is 9.47 Å². The molecule has 2 aliphatic rings. The summed E-state index contributed by atoms with van der Waals surface area (Å²) in [5.74, 6) is 1.36. The molecular weight excluding hydrogens is 360 g/mol. The number of rotatable bonds is 3. The van der Waals surface area contributed by atoms with Gasteiger partial charge >= 0.3 is 0 Å². The highest BCUT2D eigenvalue weighted by Crippen LogP contribution is 2.38. The molecule has 1 amide bonds. The molecule has 2 aromatic carbocycles. The Morgan fingerprint density at radius 2 is 1.89 bits per heavy atom. The monoisotopic (exact) mass is 382 g/mol. The maximum atomic E-state index is 13.1. The summed E-state index contributed by atoms with van der Waals surface area (Å²) in [7, 11) is 0. The lowest BCUT2D eigenvalue weighted by molar-refractivity contribution is -0.385. The average Bonchev–Trinajstić information content (AvgIpc) is 3.05. The van der Waals surface area contributed by atoms with Crippen molar-refractivity contribution < 1.29 is 19.2 Å². The average molecular weight is 382 g/mol. The standard InChI is InChI=1S/C21H22N2O5/c1-14-12-16(5-7-17(14)23(25)26)21(24)22-9-2-4-18(22)15-6-8-19-20(13-15)28-11-3-10-27-19/h5-8,12-13,18H,2-4,9-11H2,1H3. The predicted octanol–water partition coefficient (Wildman–Crippen LogP) is 4.04. The third-order valence-electron chi connectivity index (χ3n) is 5.31. The number of nitrogens with zero attached hydrogens (tertiary/aromatic N) is 2. The molecule has 0 N–H and O–H groups in total. The first-order chi connectivity index (χ1) is 13.5. The number of hydrogen-bond acceptors (Lipinski definition) is 5. The van der Waals surface area contributed by atoms with E-state index in [1.54, 1.807) is 13.0 Å². The molecule has 0 saturated carbocycles. The topological polar surface area (TPSA) is 81.9 Å². The highest BCUT2D eigenvalue weighted by Gasteiger charge is 2.32. The number of carbonyl (C=O) groups excluding carboxylic acids is 1. The van der Waals surface area contributed by atoms with Crippen molar-refractivity contribution in [2.24, 2.45) is 0 Å². The van der Waals surface area contributed by atoms with Gasteiger partial charge < -0.3 is 14.4 Å². The van der Waals surface area contributed by atoms with Gasteiger partial charge in [-0.1, -0.05) is 6.07 Å². The van der Waals surface area contributed by atoms with Crippen LogP contribution in [0.5, 0.6) is 11.5 Å². The van der Waals surface area contributed by atoms with Crippen molar-refractivity contribution in [3.8, 4) is 11.5 Å². The largest absolute Gasteiger partial charge is 0.490 e. The second-order valence-corrected chi connectivity index (χ2v) is 7.17. The number of benzene rings is 2. The number of fused-ring (bicyclic) bond motifs is 1. The van der Waals surface area contributed by atoms with Crippen molar-refractivity contribution in [3.05, 3.63) is 63.2 Å². The number of hydrogen-bond donors (Lipinski definition) is 0. The predicted molar refractivity (Wildman–Crippen MR) is 103 cm³/mol. The normalized spacial score (nSPS) is 18.6. The van der Waals surface area contributed by atoms with E-state index < -0.39 is 4.92 Å². The fraction of sp³-hybridized carbons (Fsp3) is 0.381. The van der Waals surface area contributed by atoms with Crippen LogP contribution in [-0.2, 0) is 0 Å². The van der Waals surface area contributed by atoms with E-state index in [0.29, 0.717) is 30.9 Å². The van der Waals surface area contributed by atoms with E-state index in [1.807, 2.05) is 23.1 Å². The van der Waals surface area contributed by atoms with Gasteiger partial charge in [-0.05, 0) is 49.6 Å². The van der Waals surface area contributed by atoms with Gasteiger partial charge in [0.25, 0.3) is 11.6 Å². The van der Waals surface area contributed by atoms with E-state index in [9.17, 15) is 14.9 Å². The summed E-state index contributed by atoms with van der Waals surface area (Å²) < 4.78 is 11.5. The third-order valence-corrected chi connectivity index (χ3v) is 5.31. The Morgan fingerprint density at radius 1 is 1.11 bits per heavy atom. The Kier molecular flexibility index (Phi) is 4.90. The fourth-order valence-corrected chi connectivity index (χ4v) is 3.90. The molecule has 2 aromatic rings. The Balaban J connectivity index is 1.60. The molecule has 4 rings (SSSR count). The van der Waals surface area contributed by atoms with Gasteiger partial charge in [0, 0.05) is 30.2 Å². The summed E-state index contributed by atoms with van der Waals surface area (Å²) in [6, 6.07) is 10.4. The second-order valence-electron chi connectivity index (χ2n) is 7.17. The first kappa shape index (κ1) is 18.3. The van der Waals surface area contributed by atoms with Crippen LogP contribution in [0.2, 0.25) is 0 Å². The molecule has 7 heteroatoms. The van der Waals surface area contributed by atoms with Crippen molar-refractivity contribution >= 4 is 11.6 Å². The lowest BCUT2D eigenvalue weighted by atomic mass is 10.0. The minimum absolute atomic E-state index is 0.0254. The minimum atomic E-state index is -0.431. The number of nitro groups is 1. The van der Waals surface area contributed by atoms with Gasteiger partial charge in [-0.2, -0.15) is 0 Å². The zero-order valence-electron chi connectivity index (χ0n) is 15.7. The second kappa shape index (κ2) is 7.50. The van der Waals surface area contributed by atoms with Crippen LogP contribution in [0.4, 0.5) is 5.69 Å². The van der Waals surface area contributed by atoms with Crippen LogP contribution in [0, 0.1) is 17.0 Å². The van der Waals surface area contributed by atoms with Crippen molar-refractivity contribution in [2.45, 2.75) is 32.2 Å². The molecule has 1 atom stereocenters. The first-order valence-electron chi connectivity index (χ1n) is 9.50. The molecule has 0 bridgehead atoms. The van der Waals surface area contributed by atoms with Gasteiger partial charge in [0.2, 0.25) is 0 Å². The number of aryl methyl sites for hydroxylation is 1. The van der Waals surface area contributed by atoms with Crippen molar-refractivity contribution in [2.75, 3.05) is 19.8 Å². The van der Waals surface area contributed by atoms with Crippen LogP contribution in [0.15, 0.2) is 36.4 Å². The van der Waals surface area contributed by atoms with Gasteiger partial charge in [0.1, 0.15) is 0 Å². The molecule has 0 spiro atoms.